The van der Waals surface area contributed by atoms with Crippen LogP contribution in [-0.4, -0.2) is 5.91 Å². The third kappa shape index (κ3) is 3.64. The molecule has 1 saturated carbocycles. The van der Waals surface area contributed by atoms with Crippen molar-refractivity contribution in [3.05, 3.63) is 48.0 Å². The number of rotatable bonds is 4. The summed E-state index contributed by atoms with van der Waals surface area (Å²) in [5.41, 5.74) is 5.94. The van der Waals surface area contributed by atoms with Gasteiger partial charge in [0.2, 0.25) is 5.91 Å². The number of halogens is 2. The van der Waals surface area contributed by atoms with Crippen LogP contribution in [0.15, 0.2) is 36.4 Å². The molecule has 0 spiro atoms. The van der Waals surface area contributed by atoms with Crippen molar-refractivity contribution in [3.63, 3.8) is 0 Å². The third-order valence-corrected chi connectivity index (χ3v) is 4.13. The Kier molecular flexibility index (Phi) is 4.64. The highest BCUT2D eigenvalue weighted by Crippen LogP contribution is 2.31. The quantitative estimate of drug-likeness (QED) is 0.812. The average molecular weight is 332 g/mol. The van der Waals surface area contributed by atoms with Crippen LogP contribution in [0.2, 0.25) is 0 Å². The van der Waals surface area contributed by atoms with Crippen LogP contribution in [0, 0.1) is 17.6 Å². The van der Waals surface area contributed by atoms with Gasteiger partial charge in [0.05, 0.1) is 0 Å². The summed E-state index contributed by atoms with van der Waals surface area (Å²) in [4.78, 5) is 12.1. The van der Waals surface area contributed by atoms with Crippen molar-refractivity contribution in [1.82, 2.24) is 0 Å². The molecule has 6 heteroatoms. The van der Waals surface area contributed by atoms with E-state index in [1.807, 2.05) is 0 Å². The lowest BCUT2D eigenvalue weighted by molar-refractivity contribution is -0.119. The Balaban J connectivity index is 1.67. The lowest BCUT2D eigenvalue weighted by atomic mass is 10.1. The number of nitrogen functional groups attached to an aromatic ring is 1. The zero-order valence-electron chi connectivity index (χ0n) is 13.0. The molecule has 0 saturated heterocycles. The van der Waals surface area contributed by atoms with Crippen LogP contribution in [0.4, 0.5) is 20.2 Å². The lowest BCUT2D eigenvalue weighted by Gasteiger charge is -2.12. The van der Waals surface area contributed by atoms with Gasteiger partial charge < -0.3 is 15.8 Å². The van der Waals surface area contributed by atoms with E-state index in [4.69, 9.17) is 10.5 Å². The molecule has 0 atom stereocenters. The first-order valence-electron chi connectivity index (χ1n) is 7.86. The molecule has 0 unspecified atom stereocenters. The molecule has 2 aromatic rings. The fraction of sp³-hybridized carbons (Fsp3) is 0.278. The van der Waals surface area contributed by atoms with Gasteiger partial charge in [-0.15, -0.1) is 0 Å². The minimum absolute atomic E-state index is 0.0256. The molecular formula is C18H18F2N2O2. The molecule has 1 aliphatic carbocycles. The normalized spacial score (nSPS) is 14.6. The molecular weight excluding hydrogens is 314 g/mol. The molecule has 0 aliphatic heterocycles. The van der Waals surface area contributed by atoms with Crippen molar-refractivity contribution >= 4 is 17.3 Å². The molecule has 24 heavy (non-hydrogen) atoms. The van der Waals surface area contributed by atoms with Crippen molar-refractivity contribution < 1.29 is 18.3 Å². The minimum Gasteiger partial charge on any atom is -0.455 e. The Hall–Kier alpha value is -2.63. The Bertz CT molecular complexity index is 741. The molecule has 3 rings (SSSR count). The Labute approximate surface area is 138 Å². The van der Waals surface area contributed by atoms with E-state index in [0.717, 1.165) is 31.7 Å². The van der Waals surface area contributed by atoms with E-state index >= 15 is 0 Å². The number of ether oxygens (including phenoxy) is 1. The second-order valence-electron chi connectivity index (χ2n) is 5.90. The maximum atomic E-state index is 13.4. The summed E-state index contributed by atoms with van der Waals surface area (Å²) >= 11 is 0. The summed E-state index contributed by atoms with van der Waals surface area (Å²) in [6, 6.07) is 8.28. The molecule has 3 N–H and O–H groups in total. The average Bonchev–Trinajstić information content (AvgIpc) is 3.08. The minimum atomic E-state index is -0.870. The van der Waals surface area contributed by atoms with E-state index in [1.54, 1.807) is 24.3 Å². The van der Waals surface area contributed by atoms with Crippen LogP contribution in [-0.2, 0) is 4.79 Å². The smallest absolute Gasteiger partial charge is 0.227 e. The highest BCUT2D eigenvalue weighted by Gasteiger charge is 2.22. The summed E-state index contributed by atoms with van der Waals surface area (Å²) in [6.45, 7) is 0. The summed E-state index contributed by atoms with van der Waals surface area (Å²) in [7, 11) is 0. The molecule has 0 radical (unpaired) electrons. The van der Waals surface area contributed by atoms with Gasteiger partial charge in [0.15, 0.2) is 11.6 Å². The predicted molar refractivity (Wildman–Crippen MR) is 87.9 cm³/mol. The number of amides is 1. The van der Waals surface area contributed by atoms with Crippen molar-refractivity contribution in [1.29, 1.82) is 0 Å². The summed E-state index contributed by atoms with van der Waals surface area (Å²) in [6.07, 6.45) is 4.04. The number of nitrogens with one attached hydrogen (secondary N) is 1. The summed E-state index contributed by atoms with van der Waals surface area (Å²) in [5.74, 6) is -1.25. The number of hydrogen-bond acceptors (Lipinski definition) is 3. The first-order valence-corrected chi connectivity index (χ1v) is 7.86. The van der Waals surface area contributed by atoms with Crippen LogP contribution >= 0.6 is 0 Å². The van der Waals surface area contributed by atoms with Crippen molar-refractivity contribution in [2.24, 2.45) is 5.92 Å². The first-order chi connectivity index (χ1) is 11.5. The highest BCUT2D eigenvalue weighted by molar-refractivity contribution is 5.92. The molecule has 0 bridgehead atoms. The standard InChI is InChI=1S/C18H18F2N2O2/c19-12-9-15(20)17(21)16(10-12)24-14-7-5-13(6-8-14)22-18(23)11-3-1-2-4-11/h5-11H,1-4,21H2,(H,22,23). The number of anilines is 2. The number of hydrogen-bond donors (Lipinski definition) is 2. The van der Waals surface area contributed by atoms with Crippen LogP contribution in [0.5, 0.6) is 11.5 Å². The highest BCUT2D eigenvalue weighted by atomic mass is 19.1. The zero-order chi connectivity index (χ0) is 17.1. The molecule has 2 aromatic carbocycles. The van der Waals surface area contributed by atoms with Gasteiger partial charge in [-0.05, 0) is 37.1 Å². The van der Waals surface area contributed by atoms with Gasteiger partial charge in [-0.25, -0.2) is 8.78 Å². The Morgan fingerprint density at radius 2 is 1.79 bits per heavy atom. The summed E-state index contributed by atoms with van der Waals surface area (Å²) < 4.78 is 32.1. The first kappa shape index (κ1) is 16.2. The van der Waals surface area contributed by atoms with E-state index in [-0.39, 0.29) is 23.3 Å². The maximum absolute atomic E-state index is 13.4. The monoisotopic (exact) mass is 332 g/mol. The second kappa shape index (κ2) is 6.86. The van der Waals surface area contributed by atoms with Gasteiger partial charge in [0.25, 0.3) is 0 Å². The van der Waals surface area contributed by atoms with E-state index in [1.165, 1.54) is 0 Å². The number of nitrogens with two attached hydrogens (primary N) is 1. The maximum Gasteiger partial charge on any atom is 0.227 e. The molecule has 0 aromatic heterocycles. The van der Waals surface area contributed by atoms with Gasteiger partial charge in [0, 0.05) is 23.7 Å². The van der Waals surface area contributed by atoms with Crippen molar-refractivity contribution in [3.8, 4) is 11.5 Å². The van der Waals surface area contributed by atoms with Crippen LogP contribution in [0.25, 0.3) is 0 Å². The van der Waals surface area contributed by atoms with Gasteiger partial charge in [-0.1, -0.05) is 12.8 Å². The molecule has 0 heterocycles. The van der Waals surface area contributed by atoms with Crippen LogP contribution < -0.4 is 15.8 Å². The van der Waals surface area contributed by atoms with Crippen LogP contribution in [0.3, 0.4) is 0 Å². The van der Waals surface area contributed by atoms with Crippen molar-refractivity contribution in [2.75, 3.05) is 11.1 Å². The lowest BCUT2D eigenvalue weighted by Crippen LogP contribution is -2.20. The van der Waals surface area contributed by atoms with E-state index in [2.05, 4.69) is 5.32 Å². The fourth-order valence-corrected chi connectivity index (χ4v) is 2.81. The molecule has 126 valence electrons. The predicted octanol–water partition coefficient (Wildman–Crippen LogP) is 4.47. The third-order valence-electron chi connectivity index (χ3n) is 4.13. The molecule has 1 fully saturated rings. The van der Waals surface area contributed by atoms with E-state index in [9.17, 15) is 13.6 Å². The zero-order valence-corrected chi connectivity index (χ0v) is 13.0. The Morgan fingerprint density at radius 1 is 1.12 bits per heavy atom. The van der Waals surface area contributed by atoms with Gasteiger partial charge in [0.1, 0.15) is 17.3 Å². The van der Waals surface area contributed by atoms with Crippen LogP contribution in [0.1, 0.15) is 25.7 Å². The van der Waals surface area contributed by atoms with Gasteiger partial charge in [-0.2, -0.15) is 0 Å². The number of carbonyl (C=O) groups excluding carboxylic acids is 1. The topological polar surface area (TPSA) is 64.3 Å². The second-order valence-corrected chi connectivity index (χ2v) is 5.90. The number of carbonyl (C=O) groups is 1. The molecule has 4 nitrogen and oxygen atoms in total. The Morgan fingerprint density at radius 3 is 2.46 bits per heavy atom. The summed E-state index contributed by atoms with van der Waals surface area (Å²) in [5, 5.41) is 2.87. The van der Waals surface area contributed by atoms with E-state index in [0.29, 0.717) is 17.5 Å². The SMILES string of the molecule is Nc1c(F)cc(F)cc1Oc1ccc(NC(=O)C2CCCC2)cc1. The largest absolute Gasteiger partial charge is 0.455 e. The van der Waals surface area contributed by atoms with Gasteiger partial charge in [-0.3, -0.25) is 4.79 Å². The fourth-order valence-electron chi connectivity index (χ4n) is 2.81. The number of benzene rings is 2. The molecule has 1 amide bonds. The molecule has 1 aliphatic rings. The van der Waals surface area contributed by atoms with Gasteiger partial charge >= 0.3 is 0 Å². The van der Waals surface area contributed by atoms with Crippen molar-refractivity contribution in [2.45, 2.75) is 25.7 Å². The van der Waals surface area contributed by atoms with E-state index < -0.39 is 11.6 Å².